The lowest BCUT2D eigenvalue weighted by atomic mass is 9.95. The Kier molecular flexibility index (Phi) is 13.2. The quantitative estimate of drug-likeness (QED) is 0.129. The Morgan fingerprint density at radius 2 is 1.20 bits per heavy atom. The highest BCUT2D eigenvalue weighted by atomic mass is 32.1. The van der Waals surface area contributed by atoms with E-state index in [0.29, 0.717) is 17.5 Å². The second kappa shape index (κ2) is 19.0. The van der Waals surface area contributed by atoms with Crippen LogP contribution in [-0.4, -0.2) is 26.7 Å². The fourth-order valence-corrected chi connectivity index (χ4v) is 8.78. The van der Waals surface area contributed by atoms with Crippen LogP contribution in [0.2, 0.25) is 0 Å². The number of benzene rings is 6. The van der Waals surface area contributed by atoms with Gasteiger partial charge in [0.1, 0.15) is 11.2 Å². The highest BCUT2D eigenvalue weighted by Gasteiger charge is 2.22. The van der Waals surface area contributed by atoms with Gasteiger partial charge in [-0.2, -0.15) is 0 Å². The highest BCUT2D eigenvalue weighted by molar-refractivity contribution is 7.21. The number of furan rings is 1. The molecule has 0 bridgehead atoms. The average molecular weight is 793 g/mol. The van der Waals surface area contributed by atoms with Crippen molar-refractivity contribution in [3.05, 3.63) is 162 Å². The average Bonchev–Trinajstić information content (AvgIpc) is 3.86. The summed E-state index contributed by atoms with van der Waals surface area (Å²) in [5.74, 6) is 1.86. The molecule has 0 aliphatic rings. The number of hydrogen-bond acceptors (Lipinski definition) is 6. The summed E-state index contributed by atoms with van der Waals surface area (Å²) in [7, 11) is 0. The van der Waals surface area contributed by atoms with Crippen LogP contribution in [0.5, 0.6) is 0 Å². The van der Waals surface area contributed by atoms with Crippen LogP contribution in [0.15, 0.2) is 155 Å². The summed E-state index contributed by atoms with van der Waals surface area (Å²) in [6.45, 7) is 14.7. The van der Waals surface area contributed by atoms with Crippen molar-refractivity contribution in [1.82, 2.24) is 15.0 Å². The van der Waals surface area contributed by atoms with E-state index in [2.05, 4.69) is 93.6 Å². The lowest BCUT2D eigenvalue weighted by Gasteiger charge is -2.12. The number of thiophene rings is 1. The maximum atomic E-state index is 6.51. The van der Waals surface area contributed by atoms with E-state index in [-0.39, 0.29) is 6.04 Å². The molecule has 6 aromatic carbocycles. The Labute approximate surface area is 352 Å². The van der Waals surface area contributed by atoms with E-state index in [1.165, 1.54) is 38.9 Å². The lowest BCUT2D eigenvalue weighted by molar-refractivity contribution is 0.618. The number of unbranched alkanes of at least 4 members (excludes halogenated alkanes) is 1. The van der Waals surface area contributed by atoms with Gasteiger partial charge in [-0.05, 0) is 61.2 Å². The Hall–Kier alpha value is -6.24. The number of fused-ring (bicyclic) bond motifs is 4. The molecule has 0 aliphatic carbocycles. The first-order chi connectivity index (χ1) is 29.1. The Bertz CT molecular complexity index is 2770. The summed E-state index contributed by atoms with van der Waals surface area (Å²) < 4.78 is 7.76. The van der Waals surface area contributed by atoms with Crippen LogP contribution in [0.25, 0.3) is 77.3 Å². The zero-order valence-corrected chi connectivity index (χ0v) is 36.0. The predicted octanol–water partition coefficient (Wildman–Crippen LogP) is 15.4. The summed E-state index contributed by atoms with van der Waals surface area (Å²) in [6.07, 6.45) is 3.42. The summed E-state index contributed by atoms with van der Waals surface area (Å²) in [5.41, 5.74) is 10.2. The van der Waals surface area contributed by atoms with Gasteiger partial charge in [0.15, 0.2) is 17.5 Å². The largest absolute Gasteiger partial charge is 0.456 e. The number of aliphatic imine (C=N–C) groups is 1. The molecule has 296 valence electrons. The van der Waals surface area contributed by atoms with Crippen LogP contribution in [0.4, 0.5) is 0 Å². The first kappa shape index (κ1) is 40.9. The lowest BCUT2D eigenvalue weighted by Crippen LogP contribution is -2.09. The molecule has 0 saturated carbocycles. The standard InChI is InChI=1S/C49H40N4OS.2C2H6/c1-4-5-17-31(2)50-45(33-18-9-6-10-19-33)46-32(3)43-37(24-16-27-42(43)55-46)36-28-29-40-39(30-36)44-38(25-15-26-41(44)54-40)49-52-47(34-20-11-7-12-21-34)51-48(53-49)35-22-13-8-14-23-35;2*1-2/h6-16,18-31H,4-5,17H2,1-3H3;2*1-2H3. The smallest absolute Gasteiger partial charge is 0.164 e. The van der Waals surface area contributed by atoms with Crippen molar-refractivity contribution in [2.24, 2.45) is 4.99 Å². The molecule has 0 radical (unpaired) electrons. The Morgan fingerprint density at radius 1 is 0.610 bits per heavy atom. The van der Waals surface area contributed by atoms with Crippen LogP contribution in [0.1, 0.15) is 76.8 Å². The first-order valence-electron chi connectivity index (χ1n) is 21.0. The fourth-order valence-electron chi connectivity index (χ4n) is 7.52. The van der Waals surface area contributed by atoms with Crippen LogP contribution in [-0.2, 0) is 0 Å². The number of nitrogens with zero attached hydrogens (tertiary/aromatic N) is 4. The third kappa shape index (κ3) is 8.50. The molecule has 9 rings (SSSR count). The minimum atomic E-state index is 0.238. The van der Waals surface area contributed by atoms with E-state index in [9.17, 15) is 0 Å². The molecule has 0 spiro atoms. The van der Waals surface area contributed by atoms with Gasteiger partial charge in [-0.15, -0.1) is 11.3 Å². The van der Waals surface area contributed by atoms with E-state index in [1.807, 2.05) is 112 Å². The molecule has 59 heavy (non-hydrogen) atoms. The SMILES string of the molecule is CC.CC.CCCCC(C)N=C(c1ccccc1)c1sc2cccc(-c3ccc4oc5cccc(-c6nc(-c7ccccc7)nc(-c7ccccc7)n6)c5c4c3)c2c1C. The van der Waals surface area contributed by atoms with E-state index >= 15 is 0 Å². The summed E-state index contributed by atoms with van der Waals surface area (Å²) in [5, 5.41) is 3.27. The van der Waals surface area contributed by atoms with Crippen LogP contribution < -0.4 is 0 Å². The molecule has 5 nitrogen and oxygen atoms in total. The molecular formula is C53H52N4OS. The monoisotopic (exact) mass is 792 g/mol. The van der Waals surface area contributed by atoms with Crippen molar-refractivity contribution < 1.29 is 4.42 Å². The second-order valence-electron chi connectivity index (χ2n) is 14.1. The molecule has 1 atom stereocenters. The molecule has 3 heterocycles. The van der Waals surface area contributed by atoms with Crippen LogP contribution >= 0.6 is 11.3 Å². The van der Waals surface area contributed by atoms with E-state index in [0.717, 1.165) is 61.9 Å². The third-order valence-corrected chi connectivity index (χ3v) is 11.6. The van der Waals surface area contributed by atoms with Crippen molar-refractivity contribution in [3.8, 4) is 45.3 Å². The molecule has 0 aliphatic heterocycles. The topological polar surface area (TPSA) is 64.2 Å². The molecule has 0 amide bonds. The molecule has 0 N–H and O–H groups in total. The molecule has 0 saturated heterocycles. The second-order valence-corrected chi connectivity index (χ2v) is 15.2. The molecule has 0 fully saturated rings. The Morgan fingerprint density at radius 3 is 1.85 bits per heavy atom. The van der Waals surface area contributed by atoms with Gasteiger partial charge < -0.3 is 4.42 Å². The van der Waals surface area contributed by atoms with Gasteiger partial charge in [0.2, 0.25) is 0 Å². The predicted molar refractivity (Wildman–Crippen MR) is 253 cm³/mol. The van der Waals surface area contributed by atoms with E-state index in [1.54, 1.807) is 0 Å². The van der Waals surface area contributed by atoms with E-state index in [4.69, 9.17) is 24.4 Å². The van der Waals surface area contributed by atoms with Gasteiger partial charge in [-0.25, -0.2) is 15.0 Å². The number of aromatic nitrogens is 3. The van der Waals surface area contributed by atoms with Crippen LogP contribution in [0.3, 0.4) is 0 Å². The fraction of sp³-hybridized carbons (Fsp3) is 0.208. The highest BCUT2D eigenvalue weighted by Crippen LogP contribution is 2.42. The summed E-state index contributed by atoms with van der Waals surface area (Å²) >= 11 is 1.84. The molecule has 9 aromatic rings. The van der Waals surface area contributed by atoms with Gasteiger partial charge in [0.05, 0.1) is 10.6 Å². The van der Waals surface area contributed by atoms with Gasteiger partial charge in [-0.3, -0.25) is 4.99 Å². The number of aryl methyl sites for hydroxylation is 1. The first-order valence-corrected chi connectivity index (χ1v) is 21.9. The van der Waals surface area contributed by atoms with Crippen molar-refractivity contribution in [1.29, 1.82) is 0 Å². The van der Waals surface area contributed by atoms with Crippen molar-refractivity contribution in [2.75, 3.05) is 0 Å². The van der Waals surface area contributed by atoms with Crippen molar-refractivity contribution >= 4 is 49.1 Å². The number of hydrogen-bond donors (Lipinski definition) is 0. The summed E-state index contributed by atoms with van der Waals surface area (Å²) in [4.78, 5) is 21.7. The van der Waals surface area contributed by atoms with Crippen LogP contribution in [0, 0.1) is 6.92 Å². The van der Waals surface area contributed by atoms with Gasteiger partial charge in [0, 0.05) is 49.2 Å². The van der Waals surface area contributed by atoms with Crippen molar-refractivity contribution in [2.45, 2.75) is 73.8 Å². The van der Waals surface area contributed by atoms with E-state index < -0.39 is 0 Å². The number of rotatable bonds is 10. The summed E-state index contributed by atoms with van der Waals surface area (Å²) in [6, 6.07) is 50.4. The van der Waals surface area contributed by atoms with Gasteiger partial charge >= 0.3 is 0 Å². The van der Waals surface area contributed by atoms with Crippen molar-refractivity contribution in [3.63, 3.8) is 0 Å². The Balaban J connectivity index is 0.00000128. The molecule has 1 unspecified atom stereocenters. The maximum absolute atomic E-state index is 6.51. The zero-order valence-electron chi connectivity index (χ0n) is 35.2. The molecular weight excluding hydrogens is 741 g/mol. The molecule has 3 aromatic heterocycles. The minimum absolute atomic E-state index is 0.238. The maximum Gasteiger partial charge on any atom is 0.164 e. The molecule has 6 heteroatoms. The third-order valence-electron chi connectivity index (χ3n) is 10.3. The normalized spacial score (nSPS) is 11.9. The zero-order chi connectivity index (χ0) is 41.3. The minimum Gasteiger partial charge on any atom is -0.456 e. The van der Waals surface area contributed by atoms with Gasteiger partial charge in [-0.1, -0.05) is 169 Å². The van der Waals surface area contributed by atoms with Gasteiger partial charge in [0.25, 0.3) is 0 Å².